The van der Waals surface area contributed by atoms with Crippen molar-refractivity contribution in [2.24, 2.45) is 5.41 Å². The molecule has 1 fully saturated rings. The molecule has 7 heteroatoms. The van der Waals surface area contributed by atoms with E-state index in [0.717, 1.165) is 5.56 Å². The van der Waals surface area contributed by atoms with Crippen LogP contribution < -0.4 is 20.1 Å². The number of ether oxygens (including phenoxy) is 2. The van der Waals surface area contributed by atoms with Crippen molar-refractivity contribution in [1.82, 2.24) is 0 Å². The normalized spacial score (nSPS) is 14.2. The van der Waals surface area contributed by atoms with E-state index in [1.54, 1.807) is 36.4 Å². The maximum Gasteiger partial charge on any atom is 0.240 e. The summed E-state index contributed by atoms with van der Waals surface area (Å²) in [7, 11) is 3.05. The van der Waals surface area contributed by atoms with Gasteiger partial charge in [-0.15, -0.1) is 0 Å². The zero-order chi connectivity index (χ0) is 19.6. The molecule has 2 aromatic carbocycles. The maximum atomic E-state index is 12.8. The van der Waals surface area contributed by atoms with Crippen molar-refractivity contribution in [1.29, 1.82) is 0 Å². The number of aryl methyl sites for hydroxylation is 1. The Kier molecular flexibility index (Phi) is 5.28. The van der Waals surface area contributed by atoms with Gasteiger partial charge in [0, 0.05) is 16.8 Å². The lowest BCUT2D eigenvalue weighted by Gasteiger charge is -2.18. The summed E-state index contributed by atoms with van der Waals surface area (Å²) in [5, 5.41) is 6.24. The number of carbonyl (C=O) groups is 2. The van der Waals surface area contributed by atoms with Crippen LogP contribution in [-0.2, 0) is 9.59 Å². The molecule has 1 saturated carbocycles. The van der Waals surface area contributed by atoms with Crippen LogP contribution in [0.4, 0.5) is 11.4 Å². The highest BCUT2D eigenvalue weighted by molar-refractivity contribution is 6.30. The molecular weight excluding hydrogens is 368 g/mol. The van der Waals surface area contributed by atoms with E-state index >= 15 is 0 Å². The van der Waals surface area contributed by atoms with Crippen LogP contribution in [0.15, 0.2) is 36.4 Å². The standard InChI is InChI=1S/C20H21ClN2O4/c1-12-10-13(21)4-6-15(12)22-18(24)20(8-9-20)19(25)23-16-11-14(26-2)5-7-17(16)27-3/h4-7,10-11H,8-9H2,1-3H3,(H,22,24)(H,23,25). The van der Waals surface area contributed by atoms with Gasteiger partial charge in [0.05, 0.1) is 19.9 Å². The Balaban J connectivity index is 1.77. The summed E-state index contributed by atoms with van der Waals surface area (Å²) >= 11 is 5.95. The zero-order valence-corrected chi connectivity index (χ0v) is 16.1. The fourth-order valence-corrected chi connectivity index (χ4v) is 3.07. The van der Waals surface area contributed by atoms with Crippen LogP contribution in [0.2, 0.25) is 5.02 Å². The highest BCUT2D eigenvalue weighted by Crippen LogP contribution is 2.48. The predicted octanol–water partition coefficient (Wildman–Crippen LogP) is 4.02. The molecule has 27 heavy (non-hydrogen) atoms. The second kappa shape index (κ2) is 7.48. The molecule has 3 rings (SSSR count). The average Bonchev–Trinajstić information content (AvgIpc) is 3.46. The second-order valence-electron chi connectivity index (χ2n) is 6.52. The molecule has 142 valence electrons. The lowest BCUT2D eigenvalue weighted by atomic mass is 10.0. The third-order valence-corrected chi connectivity index (χ3v) is 4.95. The van der Waals surface area contributed by atoms with Crippen LogP contribution in [0.25, 0.3) is 0 Å². The fourth-order valence-electron chi connectivity index (χ4n) is 2.85. The molecule has 1 aliphatic carbocycles. The van der Waals surface area contributed by atoms with E-state index in [9.17, 15) is 9.59 Å². The molecular formula is C20H21ClN2O4. The summed E-state index contributed by atoms with van der Waals surface area (Å²) in [5.41, 5.74) is 0.854. The molecule has 2 N–H and O–H groups in total. The van der Waals surface area contributed by atoms with Crippen molar-refractivity contribution >= 4 is 34.8 Å². The number of methoxy groups -OCH3 is 2. The minimum Gasteiger partial charge on any atom is -0.497 e. The number of hydrogen-bond donors (Lipinski definition) is 2. The molecule has 6 nitrogen and oxygen atoms in total. The maximum absolute atomic E-state index is 12.8. The van der Waals surface area contributed by atoms with Crippen molar-refractivity contribution in [3.8, 4) is 11.5 Å². The van der Waals surface area contributed by atoms with Crippen molar-refractivity contribution in [3.05, 3.63) is 47.0 Å². The smallest absolute Gasteiger partial charge is 0.240 e. The number of rotatable bonds is 6. The Morgan fingerprint density at radius 3 is 2.19 bits per heavy atom. The van der Waals surface area contributed by atoms with Crippen LogP contribution in [0, 0.1) is 12.3 Å². The van der Waals surface area contributed by atoms with Crippen LogP contribution >= 0.6 is 11.6 Å². The van der Waals surface area contributed by atoms with Crippen LogP contribution in [0.3, 0.4) is 0 Å². The number of halogens is 1. The van der Waals surface area contributed by atoms with E-state index in [2.05, 4.69) is 10.6 Å². The highest BCUT2D eigenvalue weighted by atomic mass is 35.5. The monoisotopic (exact) mass is 388 g/mol. The summed E-state index contributed by atoms with van der Waals surface area (Å²) in [6.45, 7) is 1.85. The summed E-state index contributed by atoms with van der Waals surface area (Å²) in [4.78, 5) is 25.6. The number of amides is 2. The second-order valence-corrected chi connectivity index (χ2v) is 6.95. The van der Waals surface area contributed by atoms with Gasteiger partial charge in [-0.05, 0) is 55.7 Å². The average molecular weight is 389 g/mol. The lowest BCUT2D eigenvalue weighted by Crippen LogP contribution is -2.35. The third kappa shape index (κ3) is 3.85. The SMILES string of the molecule is COc1ccc(OC)c(NC(=O)C2(C(=O)Nc3ccc(Cl)cc3C)CC2)c1. The number of benzene rings is 2. The van der Waals surface area contributed by atoms with Gasteiger partial charge in [0.1, 0.15) is 16.9 Å². The van der Waals surface area contributed by atoms with E-state index in [1.165, 1.54) is 14.2 Å². The topological polar surface area (TPSA) is 76.7 Å². The first kappa shape index (κ1) is 19.0. The molecule has 0 spiro atoms. The minimum absolute atomic E-state index is 0.327. The molecule has 0 saturated heterocycles. The van der Waals surface area contributed by atoms with Crippen LogP contribution in [-0.4, -0.2) is 26.0 Å². The van der Waals surface area contributed by atoms with Gasteiger partial charge in [0.2, 0.25) is 11.8 Å². The highest BCUT2D eigenvalue weighted by Gasteiger charge is 2.56. The Morgan fingerprint density at radius 1 is 0.963 bits per heavy atom. The van der Waals surface area contributed by atoms with Crippen LogP contribution in [0.5, 0.6) is 11.5 Å². The molecule has 0 heterocycles. The lowest BCUT2D eigenvalue weighted by molar-refractivity contribution is -0.131. The van der Waals surface area contributed by atoms with Crippen molar-refractivity contribution < 1.29 is 19.1 Å². The fraction of sp³-hybridized carbons (Fsp3) is 0.300. The van der Waals surface area contributed by atoms with Gasteiger partial charge in [0.15, 0.2) is 0 Å². The van der Waals surface area contributed by atoms with E-state index < -0.39 is 5.41 Å². The molecule has 2 aromatic rings. The van der Waals surface area contributed by atoms with Gasteiger partial charge >= 0.3 is 0 Å². The van der Waals surface area contributed by atoms with E-state index in [-0.39, 0.29) is 11.8 Å². The molecule has 0 atom stereocenters. The number of nitrogens with one attached hydrogen (secondary N) is 2. The summed E-state index contributed by atoms with van der Waals surface area (Å²) in [6, 6.07) is 10.3. The minimum atomic E-state index is -1.08. The summed E-state index contributed by atoms with van der Waals surface area (Å²) in [5.74, 6) is 0.386. The third-order valence-electron chi connectivity index (χ3n) is 4.71. The molecule has 0 unspecified atom stereocenters. The van der Waals surface area contributed by atoms with E-state index in [0.29, 0.717) is 40.7 Å². The summed E-state index contributed by atoms with van der Waals surface area (Å²) < 4.78 is 10.5. The molecule has 2 amide bonds. The van der Waals surface area contributed by atoms with Gasteiger partial charge in [-0.25, -0.2) is 0 Å². The number of anilines is 2. The predicted molar refractivity (Wildman–Crippen MR) is 105 cm³/mol. The van der Waals surface area contributed by atoms with Gasteiger partial charge in [0.25, 0.3) is 0 Å². The number of carbonyl (C=O) groups excluding carboxylic acids is 2. The van der Waals surface area contributed by atoms with Gasteiger partial charge in [-0.3, -0.25) is 9.59 Å². The van der Waals surface area contributed by atoms with E-state index in [4.69, 9.17) is 21.1 Å². The zero-order valence-electron chi connectivity index (χ0n) is 15.4. The van der Waals surface area contributed by atoms with Crippen LogP contribution in [0.1, 0.15) is 18.4 Å². The van der Waals surface area contributed by atoms with Crippen molar-refractivity contribution in [3.63, 3.8) is 0 Å². The Morgan fingerprint density at radius 2 is 1.63 bits per heavy atom. The van der Waals surface area contributed by atoms with Gasteiger partial charge in [-0.2, -0.15) is 0 Å². The van der Waals surface area contributed by atoms with Crippen molar-refractivity contribution in [2.45, 2.75) is 19.8 Å². The number of hydrogen-bond acceptors (Lipinski definition) is 4. The molecule has 0 aliphatic heterocycles. The largest absolute Gasteiger partial charge is 0.497 e. The van der Waals surface area contributed by atoms with E-state index in [1.807, 2.05) is 6.92 Å². The van der Waals surface area contributed by atoms with Gasteiger partial charge in [-0.1, -0.05) is 11.6 Å². The first-order chi connectivity index (χ1) is 12.9. The quantitative estimate of drug-likeness (QED) is 0.732. The van der Waals surface area contributed by atoms with Crippen molar-refractivity contribution in [2.75, 3.05) is 24.9 Å². The molecule has 0 bridgehead atoms. The Labute approximate surface area is 162 Å². The first-order valence-corrected chi connectivity index (χ1v) is 8.88. The first-order valence-electron chi connectivity index (χ1n) is 8.51. The van der Waals surface area contributed by atoms with Gasteiger partial charge < -0.3 is 20.1 Å². The molecule has 0 radical (unpaired) electrons. The Bertz CT molecular complexity index is 894. The molecule has 1 aliphatic rings. The Hall–Kier alpha value is -2.73. The molecule has 0 aromatic heterocycles. The summed E-state index contributed by atoms with van der Waals surface area (Å²) in [6.07, 6.45) is 0.979.